The van der Waals surface area contributed by atoms with Gasteiger partial charge in [-0.15, -0.1) is 0 Å². The molecular weight excluding hydrogens is 358 g/mol. The Balaban J connectivity index is 2.05. The minimum absolute atomic E-state index is 0.167. The van der Waals surface area contributed by atoms with E-state index in [0.717, 1.165) is 12.0 Å². The molecule has 8 nitrogen and oxygen atoms in total. The number of ether oxygens (including phenoxy) is 2. The largest absolute Gasteiger partial charge is 0.481 e. The van der Waals surface area contributed by atoms with Gasteiger partial charge in [0.2, 0.25) is 5.88 Å². The maximum absolute atomic E-state index is 12.9. The van der Waals surface area contributed by atoms with Gasteiger partial charge < -0.3 is 19.4 Å². The van der Waals surface area contributed by atoms with Crippen LogP contribution < -0.4 is 15.6 Å². The van der Waals surface area contributed by atoms with Crippen molar-refractivity contribution in [1.29, 1.82) is 0 Å². The number of rotatable bonds is 9. The first-order chi connectivity index (χ1) is 13.7. The summed E-state index contributed by atoms with van der Waals surface area (Å²) >= 11 is 0. The fourth-order valence-electron chi connectivity index (χ4n) is 2.86. The lowest BCUT2D eigenvalue weighted by atomic mass is 10.2. The van der Waals surface area contributed by atoms with Crippen LogP contribution in [0.25, 0.3) is 22.3 Å². The number of aromatic nitrogens is 4. The summed E-state index contributed by atoms with van der Waals surface area (Å²) in [5.74, 6) is 0.859. The number of hydrogen-bond donors (Lipinski definition) is 1. The van der Waals surface area contributed by atoms with E-state index in [2.05, 4.69) is 27.2 Å². The summed E-state index contributed by atoms with van der Waals surface area (Å²) in [6.45, 7) is 6.17. The molecule has 28 heavy (non-hydrogen) atoms. The van der Waals surface area contributed by atoms with Crippen molar-refractivity contribution in [3.05, 3.63) is 40.9 Å². The van der Waals surface area contributed by atoms with Crippen molar-refractivity contribution in [2.24, 2.45) is 0 Å². The van der Waals surface area contributed by atoms with E-state index in [9.17, 15) is 4.79 Å². The molecule has 0 aliphatic heterocycles. The summed E-state index contributed by atoms with van der Waals surface area (Å²) in [7, 11) is 1.57. The monoisotopic (exact) mass is 383 g/mol. The van der Waals surface area contributed by atoms with Crippen LogP contribution in [0.1, 0.15) is 20.3 Å². The molecule has 0 amide bonds. The predicted molar refractivity (Wildman–Crippen MR) is 109 cm³/mol. The Hall–Kier alpha value is -3.00. The molecule has 0 bridgehead atoms. The van der Waals surface area contributed by atoms with Crippen LogP contribution in [-0.2, 0) is 11.3 Å². The molecule has 3 aromatic heterocycles. The zero-order valence-electron chi connectivity index (χ0n) is 16.4. The molecule has 8 heteroatoms. The highest BCUT2D eigenvalue weighted by Crippen LogP contribution is 2.22. The van der Waals surface area contributed by atoms with Crippen LogP contribution in [0.4, 0.5) is 5.82 Å². The molecule has 0 saturated heterocycles. The molecule has 0 saturated carbocycles. The first kappa shape index (κ1) is 19.8. The van der Waals surface area contributed by atoms with Crippen LogP contribution in [-0.4, -0.2) is 46.4 Å². The van der Waals surface area contributed by atoms with E-state index in [1.807, 2.05) is 19.1 Å². The molecule has 3 aromatic rings. The molecule has 1 N–H and O–H groups in total. The molecule has 0 radical (unpaired) electrons. The Morgan fingerprint density at radius 2 is 2.00 bits per heavy atom. The Morgan fingerprint density at radius 3 is 2.68 bits per heavy atom. The maximum atomic E-state index is 12.9. The van der Waals surface area contributed by atoms with Crippen molar-refractivity contribution in [3.63, 3.8) is 0 Å². The Kier molecular flexibility index (Phi) is 6.54. The average molecular weight is 383 g/mol. The third kappa shape index (κ3) is 4.28. The van der Waals surface area contributed by atoms with Gasteiger partial charge >= 0.3 is 0 Å². The summed E-state index contributed by atoms with van der Waals surface area (Å²) < 4.78 is 12.4. The minimum Gasteiger partial charge on any atom is -0.481 e. The van der Waals surface area contributed by atoms with Gasteiger partial charge in [0, 0.05) is 37.5 Å². The molecule has 0 unspecified atom stereocenters. The maximum Gasteiger partial charge on any atom is 0.293 e. The number of nitrogens with one attached hydrogen (secondary N) is 1. The highest BCUT2D eigenvalue weighted by Gasteiger charge is 2.13. The quantitative estimate of drug-likeness (QED) is 0.568. The normalized spacial score (nSPS) is 11.0. The minimum atomic E-state index is -0.167. The summed E-state index contributed by atoms with van der Waals surface area (Å²) in [5, 5.41) is 3.03. The fourth-order valence-corrected chi connectivity index (χ4v) is 2.86. The lowest BCUT2D eigenvalue weighted by Crippen LogP contribution is -2.27. The number of fused-ring (bicyclic) bond motifs is 1. The van der Waals surface area contributed by atoms with Gasteiger partial charge in [-0.05, 0) is 25.5 Å². The second kappa shape index (κ2) is 9.27. The van der Waals surface area contributed by atoms with Crippen LogP contribution in [0.15, 0.2) is 35.4 Å². The molecule has 148 valence electrons. The molecule has 3 heterocycles. The summed E-state index contributed by atoms with van der Waals surface area (Å²) in [5.41, 5.74) is 2.74. The van der Waals surface area contributed by atoms with E-state index in [-0.39, 0.29) is 5.56 Å². The van der Waals surface area contributed by atoms with Crippen LogP contribution >= 0.6 is 0 Å². The predicted octanol–water partition coefficient (Wildman–Crippen LogP) is 2.72. The van der Waals surface area contributed by atoms with Crippen LogP contribution in [0.3, 0.4) is 0 Å². The second-order valence-electron chi connectivity index (χ2n) is 6.21. The van der Waals surface area contributed by atoms with Crippen LogP contribution in [0.2, 0.25) is 0 Å². The summed E-state index contributed by atoms with van der Waals surface area (Å²) in [6, 6.07) is 5.52. The van der Waals surface area contributed by atoms with Crippen molar-refractivity contribution in [1.82, 2.24) is 19.5 Å². The lowest BCUT2D eigenvalue weighted by molar-refractivity contribution is 0.127. The summed E-state index contributed by atoms with van der Waals surface area (Å²) in [4.78, 5) is 26.1. The number of methoxy groups -OCH3 is 1. The Morgan fingerprint density at radius 1 is 1.14 bits per heavy atom. The van der Waals surface area contributed by atoms with Gasteiger partial charge in [0.05, 0.1) is 31.1 Å². The van der Waals surface area contributed by atoms with Crippen molar-refractivity contribution in [2.45, 2.75) is 26.8 Å². The number of nitrogens with zero attached hydrogens (tertiary/aromatic N) is 4. The highest BCUT2D eigenvalue weighted by molar-refractivity contribution is 5.80. The molecule has 0 atom stereocenters. The van der Waals surface area contributed by atoms with E-state index in [1.165, 1.54) is 0 Å². The molecule has 0 aliphatic carbocycles. The number of anilines is 1. The first-order valence-corrected chi connectivity index (χ1v) is 9.40. The van der Waals surface area contributed by atoms with Gasteiger partial charge in [-0.3, -0.25) is 9.78 Å². The molecule has 0 fully saturated rings. The number of hydrogen-bond acceptors (Lipinski definition) is 7. The van der Waals surface area contributed by atoms with Gasteiger partial charge in [-0.1, -0.05) is 6.92 Å². The van der Waals surface area contributed by atoms with Crippen molar-refractivity contribution in [3.8, 4) is 17.1 Å². The first-order valence-electron chi connectivity index (χ1n) is 9.40. The second-order valence-corrected chi connectivity index (χ2v) is 6.21. The van der Waals surface area contributed by atoms with Gasteiger partial charge in [-0.25, -0.2) is 9.97 Å². The van der Waals surface area contributed by atoms with E-state index >= 15 is 0 Å². The van der Waals surface area contributed by atoms with E-state index < -0.39 is 0 Å². The van der Waals surface area contributed by atoms with Gasteiger partial charge in [-0.2, -0.15) is 0 Å². The standard InChI is InChI=1S/C20H25N5O3/c1-4-9-28-10-8-25-17-11-15(14-6-7-18(27-3)23-12-14)22-13-16(17)24-19(20(25)26)21-5-2/h6-7,11-13H,4-5,8-10H2,1-3H3,(H,21,24). The molecular formula is C20H25N5O3. The topological polar surface area (TPSA) is 91.2 Å². The fraction of sp³-hybridized carbons (Fsp3) is 0.400. The van der Waals surface area contributed by atoms with Gasteiger partial charge in [0.25, 0.3) is 5.56 Å². The zero-order chi connectivity index (χ0) is 19.9. The Bertz CT molecular complexity index is 986. The zero-order valence-corrected chi connectivity index (χ0v) is 16.4. The molecule has 0 aliphatic rings. The number of pyridine rings is 2. The van der Waals surface area contributed by atoms with E-state index in [1.54, 1.807) is 30.1 Å². The van der Waals surface area contributed by atoms with Gasteiger partial charge in [0.15, 0.2) is 5.82 Å². The van der Waals surface area contributed by atoms with Crippen LogP contribution in [0, 0.1) is 0 Å². The van der Waals surface area contributed by atoms with Crippen molar-refractivity contribution < 1.29 is 9.47 Å². The summed E-state index contributed by atoms with van der Waals surface area (Å²) in [6.07, 6.45) is 4.31. The van der Waals surface area contributed by atoms with Crippen LogP contribution in [0.5, 0.6) is 5.88 Å². The van der Waals surface area contributed by atoms with E-state index in [0.29, 0.717) is 54.7 Å². The lowest BCUT2D eigenvalue weighted by Gasteiger charge is -2.13. The smallest absolute Gasteiger partial charge is 0.293 e. The third-order valence-electron chi connectivity index (χ3n) is 4.23. The highest BCUT2D eigenvalue weighted by atomic mass is 16.5. The molecule has 3 rings (SSSR count). The van der Waals surface area contributed by atoms with E-state index in [4.69, 9.17) is 9.47 Å². The molecule has 0 aromatic carbocycles. The van der Waals surface area contributed by atoms with Crippen molar-refractivity contribution in [2.75, 3.05) is 32.2 Å². The van der Waals surface area contributed by atoms with Crippen molar-refractivity contribution >= 4 is 16.9 Å². The Labute approximate surface area is 163 Å². The SMILES string of the molecule is CCCOCCn1c(=O)c(NCC)nc2cnc(-c3ccc(OC)nc3)cc21. The third-order valence-corrected chi connectivity index (χ3v) is 4.23. The van der Waals surface area contributed by atoms with Gasteiger partial charge in [0.1, 0.15) is 5.52 Å². The average Bonchev–Trinajstić information content (AvgIpc) is 2.73. The molecule has 0 spiro atoms.